The van der Waals surface area contributed by atoms with Gasteiger partial charge in [-0.25, -0.2) is 9.07 Å². The van der Waals surface area contributed by atoms with Gasteiger partial charge < -0.3 is 4.74 Å². The topological polar surface area (TPSA) is 44.1 Å². The van der Waals surface area contributed by atoms with Crippen molar-refractivity contribution in [2.24, 2.45) is 0 Å². The van der Waals surface area contributed by atoms with Gasteiger partial charge in [0.1, 0.15) is 15.8 Å². The van der Waals surface area contributed by atoms with Crippen LogP contribution >= 0.6 is 22.6 Å². The molecule has 0 amide bonds. The molecule has 6 heteroatoms. The molecule has 1 atom stereocenters. The third kappa shape index (κ3) is 2.27. The molecular weight excluding hydrogens is 362 g/mol. The van der Waals surface area contributed by atoms with Gasteiger partial charge in [0.2, 0.25) is 0 Å². The lowest BCUT2D eigenvalue weighted by molar-refractivity contribution is -0.0368. The van der Waals surface area contributed by atoms with Crippen LogP contribution in [-0.2, 0) is 4.74 Å². The predicted octanol–water partition coefficient (Wildman–Crippen LogP) is 3.29. The Kier molecular flexibility index (Phi) is 3.53. The molecule has 4 nitrogen and oxygen atoms in total. The number of carbonyl (C=O) groups excluding carboxylic acids is 1. The zero-order valence-corrected chi connectivity index (χ0v) is 12.3. The smallest absolute Gasteiger partial charge is 0.150 e. The van der Waals surface area contributed by atoms with Crippen LogP contribution < -0.4 is 0 Å². The van der Waals surface area contributed by atoms with E-state index in [0.717, 1.165) is 19.3 Å². The zero-order valence-electron chi connectivity index (χ0n) is 10.1. The fourth-order valence-electron chi connectivity index (χ4n) is 2.40. The Morgan fingerprint density at radius 3 is 3.00 bits per heavy atom. The van der Waals surface area contributed by atoms with Crippen LogP contribution in [0.1, 0.15) is 35.8 Å². The van der Waals surface area contributed by atoms with Gasteiger partial charge in [-0.15, -0.1) is 0 Å². The maximum Gasteiger partial charge on any atom is 0.150 e. The summed E-state index contributed by atoms with van der Waals surface area (Å²) in [7, 11) is 0. The standard InChI is InChI=1S/C13H12FIN2O2/c14-9-5-8(7-18)6-10-12(9)13(15)16-17(10)11-3-1-2-4-19-11/h5-7,11H,1-4H2. The van der Waals surface area contributed by atoms with Crippen LogP contribution in [0.4, 0.5) is 4.39 Å². The van der Waals surface area contributed by atoms with Gasteiger partial charge >= 0.3 is 0 Å². The number of benzene rings is 1. The number of hydrogen-bond acceptors (Lipinski definition) is 3. The van der Waals surface area contributed by atoms with E-state index in [4.69, 9.17) is 4.74 Å². The van der Waals surface area contributed by atoms with E-state index < -0.39 is 5.82 Å². The molecule has 1 aliphatic heterocycles. The average molecular weight is 374 g/mol. The highest BCUT2D eigenvalue weighted by atomic mass is 127. The molecule has 0 bridgehead atoms. The van der Waals surface area contributed by atoms with Crippen molar-refractivity contribution < 1.29 is 13.9 Å². The number of aldehydes is 1. The molecule has 0 aliphatic carbocycles. The second-order valence-corrected chi connectivity index (χ2v) is 5.59. The molecule has 1 aliphatic rings. The Morgan fingerprint density at radius 1 is 1.47 bits per heavy atom. The van der Waals surface area contributed by atoms with Gasteiger partial charge in [-0.05, 0) is 54.0 Å². The summed E-state index contributed by atoms with van der Waals surface area (Å²) in [6.07, 6.45) is 3.45. The Labute approximate surface area is 123 Å². The summed E-state index contributed by atoms with van der Waals surface area (Å²) in [6, 6.07) is 2.91. The molecule has 1 unspecified atom stereocenters. The van der Waals surface area contributed by atoms with Gasteiger partial charge in [0.15, 0.2) is 6.23 Å². The summed E-state index contributed by atoms with van der Waals surface area (Å²) in [5.41, 5.74) is 0.941. The van der Waals surface area contributed by atoms with Crippen LogP contribution in [0.3, 0.4) is 0 Å². The van der Waals surface area contributed by atoms with Crippen LogP contribution in [0, 0.1) is 9.52 Å². The fraction of sp³-hybridized carbons (Fsp3) is 0.385. The monoisotopic (exact) mass is 374 g/mol. The summed E-state index contributed by atoms with van der Waals surface area (Å²) in [4.78, 5) is 10.9. The normalized spacial score (nSPS) is 19.8. The fourth-order valence-corrected chi connectivity index (χ4v) is 3.17. The number of hydrogen-bond donors (Lipinski definition) is 0. The van der Waals surface area contributed by atoms with Crippen molar-refractivity contribution in [1.29, 1.82) is 0 Å². The predicted molar refractivity (Wildman–Crippen MR) is 76.6 cm³/mol. The first kappa shape index (κ1) is 13.0. The number of carbonyl (C=O) groups is 1. The quantitative estimate of drug-likeness (QED) is 0.599. The van der Waals surface area contributed by atoms with E-state index in [9.17, 15) is 9.18 Å². The third-order valence-electron chi connectivity index (χ3n) is 3.30. The molecule has 2 aromatic rings. The highest BCUT2D eigenvalue weighted by molar-refractivity contribution is 14.1. The maximum absolute atomic E-state index is 14.0. The summed E-state index contributed by atoms with van der Waals surface area (Å²) >= 11 is 2.01. The maximum atomic E-state index is 14.0. The lowest BCUT2D eigenvalue weighted by atomic mass is 10.1. The Hall–Kier alpha value is -1.02. The SMILES string of the molecule is O=Cc1cc(F)c2c(I)nn(C3CCCCO3)c2c1. The van der Waals surface area contributed by atoms with Crippen LogP contribution in [0.5, 0.6) is 0 Å². The first-order valence-electron chi connectivity index (χ1n) is 6.15. The number of halogens is 2. The summed E-state index contributed by atoms with van der Waals surface area (Å²) in [6.45, 7) is 0.693. The van der Waals surface area contributed by atoms with E-state index in [-0.39, 0.29) is 6.23 Å². The van der Waals surface area contributed by atoms with Crippen LogP contribution in [0.15, 0.2) is 12.1 Å². The zero-order chi connectivity index (χ0) is 13.4. The van der Waals surface area contributed by atoms with Crippen molar-refractivity contribution in [1.82, 2.24) is 9.78 Å². The number of nitrogens with zero attached hydrogens (tertiary/aromatic N) is 2. The van der Waals surface area contributed by atoms with Crippen molar-refractivity contribution in [3.8, 4) is 0 Å². The molecule has 3 rings (SSSR count). The molecule has 1 aromatic heterocycles. The second kappa shape index (κ2) is 5.16. The lowest BCUT2D eigenvalue weighted by Crippen LogP contribution is -2.19. The van der Waals surface area contributed by atoms with E-state index in [2.05, 4.69) is 5.10 Å². The van der Waals surface area contributed by atoms with Gasteiger partial charge in [0, 0.05) is 12.2 Å². The highest BCUT2D eigenvalue weighted by Gasteiger charge is 2.22. The molecule has 0 radical (unpaired) electrons. The lowest BCUT2D eigenvalue weighted by Gasteiger charge is -2.23. The number of fused-ring (bicyclic) bond motifs is 1. The molecule has 0 saturated carbocycles. The van der Waals surface area contributed by atoms with Crippen LogP contribution in [0.25, 0.3) is 10.9 Å². The number of ether oxygens (including phenoxy) is 1. The van der Waals surface area contributed by atoms with E-state index in [0.29, 0.717) is 33.1 Å². The molecular formula is C13H12FIN2O2. The summed E-state index contributed by atoms with van der Waals surface area (Å²) in [5.74, 6) is -0.411. The highest BCUT2D eigenvalue weighted by Crippen LogP contribution is 2.30. The molecule has 2 heterocycles. The van der Waals surface area contributed by atoms with E-state index >= 15 is 0 Å². The van der Waals surface area contributed by atoms with Gasteiger partial charge in [0.25, 0.3) is 0 Å². The van der Waals surface area contributed by atoms with Gasteiger partial charge in [-0.3, -0.25) is 4.79 Å². The second-order valence-electron chi connectivity index (χ2n) is 4.57. The van der Waals surface area contributed by atoms with Gasteiger partial charge in [-0.1, -0.05) is 0 Å². The molecule has 19 heavy (non-hydrogen) atoms. The Morgan fingerprint density at radius 2 is 2.32 bits per heavy atom. The number of rotatable bonds is 2. The van der Waals surface area contributed by atoms with Crippen molar-refractivity contribution in [2.45, 2.75) is 25.5 Å². The molecule has 1 fully saturated rings. The van der Waals surface area contributed by atoms with Crippen molar-refractivity contribution >= 4 is 39.8 Å². The van der Waals surface area contributed by atoms with E-state index in [1.807, 2.05) is 22.6 Å². The van der Waals surface area contributed by atoms with Gasteiger partial charge in [-0.2, -0.15) is 5.10 Å². The Balaban J connectivity index is 2.18. The molecule has 100 valence electrons. The molecule has 1 aromatic carbocycles. The summed E-state index contributed by atoms with van der Waals surface area (Å²) in [5, 5.41) is 4.83. The number of aromatic nitrogens is 2. The van der Waals surface area contributed by atoms with Gasteiger partial charge in [0.05, 0.1) is 10.9 Å². The minimum Gasteiger partial charge on any atom is -0.356 e. The van der Waals surface area contributed by atoms with Crippen LogP contribution in [0.2, 0.25) is 0 Å². The molecule has 0 N–H and O–H groups in total. The van der Waals surface area contributed by atoms with Crippen LogP contribution in [-0.4, -0.2) is 22.7 Å². The minimum atomic E-state index is -0.411. The summed E-state index contributed by atoms with van der Waals surface area (Å²) < 4.78 is 22.0. The first-order chi connectivity index (χ1) is 9.20. The minimum absolute atomic E-state index is 0.166. The average Bonchev–Trinajstić information content (AvgIpc) is 2.77. The van der Waals surface area contributed by atoms with Crippen molar-refractivity contribution in [2.75, 3.05) is 6.61 Å². The third-order valence-corrected chi connectivity index (χ3v) is 4.06. The van der Waals surface area contributed by atoms with E-state index in [1.54, 1.807) is 10.7 Å². The van der Waals surface area contributed by atoms with Crippen molar-refractivity contribution in [3.63, 3.8) is 0 Å². The molecule has 1 saturated heterocycles. The van der Waals surface area contributed by atoms with E-state index in [1.165, 1.54) is 6.07 Å². The van der Waals surface area contributed by atoms with Crippen molar-refractivity contribution in [3.05, 3.63) is 27.2 Å². The molecule has 0 spiro atoms. The Bertz CT molecular complexity index is 635. The largest absolute Gasteiger partial charge is 0.356 e. The first-order valence-corrected chi connectivity index (χ1v) is 7.22.